The molecule has 0 aliphatic heterocycles. The largest absolute Gasteiger partial charge is 0.384 e. The van der Waals surface area contributed by atoms with Crippen molar-refractivity contribution in [3.63, 3.8) is 0 Å². The molecule has 4 nitrogen and oxygen atoms in total. The van der Waals surface area contributed by atoms with Gasteiger partial charge in [0.15, 0.2) is 9.84 Å². The molecule has 0 radical (unpaired) electrons. The average molecular weight is 314 g/mol. The van der Waals surface area contributed by atoms with Crippen molar-refractivity contribution in [2.24, 2.45) is 11.7 Å². The van der Waals surface area contributed by atoms with E-state index in [1.54, 1.807) is 30.0 Å². The summed E-state index contributed by atoms with van der Waals surface area (Å²) >= 11 is 1.67. The molecule has 6 heteroatoms. The minimum Gasteiger partial charge on any atom is -0.384 e. The topological polar surface area (TPSA) is 84.0 Å². The molecular formula is C14H22N2O2S2. The van der Waals surface area contributed by atoms with Gasteiger partial charge in [-0.2, -0.15) is 11.8 Å². The number of benzene rings is 1. The molecule has 0 heterocycles. The summed E-state index contributed by atoms with van der Waals surface area (Å²) in [6.07, 6.45) is 1.11. The van der Waals surface area contributed by atoms with E-state index in [9.17, 15) is 8.42 Å². The van der Waals surface area contributed by atoms with E-state index in [2.05, 4.69) is 13.8 Å². The molecule has 0 saturated heterocycles. The van der Waals surface area contributed by atoms with Crippen LogP contribution in [0.15, 0.2) is 29.2 Å². The Labute approximate surface area is 125 Å². The zero-order valence-corrected chi connectivity index (χ0v) is 13.6. The lowest BCUT2D eigenvalue weighted by Gasteiger charge is -2.09. The second kappa shape index (κ2) is 7.69. The fourth-order valence-electron chi connectivity index (χ4n) is 1.55. The number of thioether (sulfide) groups is 1. The molecule has 0 saturated carbocycles. The molecular weight excluding hydrogens is 292 g/mol. The van der Waals surface area contributed by atoms with Crippen molar-refractivity contribution in [3.05, 3.63) is 29.8 Å². The summed E-state index contributed by atoms with van der Waals surface area (Å²) in [5, 5.41) is 7.35. The van der Waals surface area contributed by atoms with Gasteiger partial charge in [0, 0.05) is 11.3 Å². The minimum atomic E-state index is -3.29. The van der Waals surface area contributed by atoms with Crippen molar-refractivity contribution >= 4 is 27.4 Å². The monoisotopic (exact) mass is 314 g/mol. The van der Waals surface area contributed by atoms with Crippen molar-refractivity contribution in [3.8, 4) is 0 Å². The Balaban J connectivity index is 2.65. The van der Waals surface area contributed by atoms with E-state index in [0.717, 1.165) is 12.2 Å². The summed E-state index contributed by atoms with van der Waals surface area (Å²) in [4.78, 5) is 0.245. The predicted molar refractivity (Wildman–Crippen MR) is 86.3 cm³/mol. The quantitative estimate of drug-likeness (QED) is 0.439. The van der Waals surface area contributed by atoms with Gasteiger partial charge in [-0.15, -0.1) is 0 Å². The molecule has 112 valence electrons. The molecule has 1 aromatic carbocycles. The summed E-state index contributed by atoms with van der Waals surface area (Å²) in [6.45, 7) is 4.30. The third-order valence-corrected chi connectivity index (χ3v) is 6.37. The molecule has 0 aliphatic rings. The highest BCUT2D eigenvalue weighted by molar-refractivity contribution is 8.00. The Morgan fingerprint density at radius 3 is 2.75 bits per heavy atom. The van der Waals surface area contributed by atoms with Gasteiger partial charge >= 0.3 is 0 Å². The van der Waals surface area contributed by atoms with Crippen molar-refractivity contribution in [1.82, 2.24) is 0 Å². The first-order valence-corrected chi connectivity index (χ1v) is 9.42. The smallest absolute Gasteiger partial charge is 0.179 e. The zero-order valence-electron chi connectivity index (χ0n) is 11.9. The van der Waals surface area contributed by atoms with Gasteiger partial charge in [-0.3, -0.25) is 5.41 Å². The Hall–Kier alpha value is -1.01. The summed E-state index contributed by atoms with van der Waals surface area (Å²) < 4.78 is 24.4. The second-order valence-corrected chi connectivity index (χ2v) is 8.11. The van der Waals surface area contributed by atoms with Crippen LogP contribution in [-0.2, 0) is 9.84 Å². The highest BCUT2D eigenvalue weighted by Gasteiger charge is 2.15. The van der Waals surface area contributed by atoms with E-state index in [0.29, 0.717) is 17.2 Å². The van der Waals surface area contributed by atoms with E-state index < -0.39 is 9.84 Å². The molecule has 0 bridgehead atoms. The molecule has 0 fully saturated rings. The molecule has 0 amide bonds. The first kappa shape index (κ1) is 17.0. The maximum absolute atomic E-state index is 12.2. The van der Waals surface area contributed by atoms with Crippen LogP contribution in [0.25, 0.3) is 0 Å². The van der Waals surface area contributed by atoms with Crippen LogP contribution in [0.1, 0.15) is 25.8 Å². The Bertz CT molecular complexity index is 556. The van der Waals surface area contributed by atoms with Crippen LogP contribution in [-0.4, -0.2) is 31.5 Å². The number of nitrogen functional groups attached to an aromatic ring is 1. The number of rotatable bonds is 8. The molecule has 0 spiro atoms. The van der Waals surface area contributed by atoms with Crippen LogP contribution in [0, 0.1) is 11.3 Å². The number of sulfone groups is 1. The highest BCUT2D eigenvalue weighted by Crippen LogP contribution is 2.16. The summed E-state index contributed by atoms with van der Waals surface area (Å²) in [7, 11) is -3.29. The maximum atomic E-state index is 12.2. The molecule has 20 heavy (non-hydrogen) atoms. The maximum Gasteiger partial charge on any atom is 0.179 e. The van der Waals surface area contributed by atoms with Gasteiger partial charge in [0.1, 0.15) is 5.84 Å². The van der Waals surface area contributed by atoms with Crippen LogP contribution in [0.5, 0.6) is 0 Å². The molecule has 0 aromatic heterocycles. The predicted octanol–water partition coefficient (Wildman–Crippen LogP) is 2.52. The number of hydrogen-bond donors (Lipinski definition) is 2. The lowest BCUT2D eigenvalue weighted by Crippen LogP contribution is -2.14. The van der Waals surface area contributed by atoms with Gasteiger partial charge < -0.3 is 5.73 Å². The van der Waals surface area contributed by atoms with Crippen LogP contribution in [0.4, 0.5) is 0 Å². The van der Waals surface area contributed by atoms with Gasteiger partial charge in [-0.05, 0) is 23.8 Å². The van der Waals surface area contributed by atoms with E-state index in [1.165, 1.54) is 6.07 Å². The zero-order chi connectivity index (χ0) is 15.2. The standard InChI is InChI=1S/C14H22N2O2S2/c1-3-11(2)10-19-7-8-20(17,18)13-6-4-5-12(9-13)14(15)16/h4-6,9,11H,3,7-8,10H2,1-2H3,(H3,15,16). The SMILES string of the molecule is CCC(C)CSCCS(=O)(=O)c1cccc(C(=N)N)c1. The minimum absolute atomic E-state index is 0.117. The van der Waals surface area contributed by atoms with Crippen molar-refractivity contribution in [2.75, 3.05) is 17.3 Å². The van der Waals surface area contributed by atoms with Gasteiger partial charge in [0.25, 0.3) is 0 Å². The Kier molecular flexibility index (Phi) is 6.55. The number of amidine groups is 1. The second-order valence-electron chi connectivity index (χ2n) is 4.85. The molecule has 0 aliphatic carbocycles. The van der Waals surface area contributed by atoms with E-state index >= 15 is 0 Å². The first-order chi connectivity index (χ1) is 9.36. The van der Waals surface area contributed by atoms with E-state index in [4.69, 9.17) is 11.1 Å². The van der Waals surface area contributed by atoms with Crippen LogP contribution < -0.4 is 5.73 Å². The van der Waals surface area contributed by atoms with Crippen molar-refractivity contribution < 1.29 is 8.42 Å². The van der Waals surface area contributed by atoms with Gasteiger partial charge in [0.05, 0.1) is 10.6 Å². The molecule has 1 aromatic rings. The molecule has 1 rings (SSSR count). The van der Waals surface area contributed by atoms with Crippen LogP contribution >= 0.6 is 11.8 Å². The van der Waals surface area contributed by atoms with Gasteiger partial charge in [-0.1, -0.05) is 32.4 Å². The third kappa shape index (κ3) is 5.17. The molecule has 3 N–H and O–H groups in total. The van der Waals surface area contributed by atoms with Crippen LogP contribution in [0.2, 0.25) is 0 Å². The lowest BCUT2D eigenvalue weighted by atomic mass is 10.2. The summed E-state index contributed by atoms with van der Waals surface area (Å²) in [6, 6.07) is 6.28. The molecule has 1 atom stereocenters. The van der Waals surface area contributed by atoms with E-state index in [1.807, 2.05) is 0 Å². The fraction of sp³-hybridized carbons (Fsp3) is 0.500. The first-order valence-electron chi connectivity index (χ1n) is 6.61. The number of nitrogens with two attached hydrogens (primary N) is 1. The molecule has 1 unspecified atom stereocenters. The van der Waals surface area contributed by atoms with Crippen molar-refractivity contribution in [1.29, 1.82) is 5.41 Å². The summed E-state index contributed by atoms with van der Waals surface area (Å²) in [5.74, 6) is 2.20. The van der Waals surface area contributed by atoms with Gasteiger partial charge in [0.2, 0.25) is 0 Å². The number of hydrogen-bond acceptors (Lipinski definition) is 4. The normalized spacial score (nSPS) is 13.1. The van der Waals surface area contributed by atoms with Gasteiger partial charge in [-0.25, -0.2) is 8.42 Å². The van der Waals surface area contributed by atoms with E-state index in [-0.39, 0.29) is 16.5 Å². The van der Waals surface area contributed by atoms with Crippen molar-refractivity contribution in [2.45, 2.75) is 25.2 Å². The van der Waals surface area contributed by atoms with Crippen LogP contribution in [0.3, 0.4) is 0 Å². The highest BCUT2D eigenvalue weighted by atomic mass is 32.2. The number of nitrogens with one attached hydrogen (secondary N) is 1. The average Bonchev–Trinajstić information content (AvgIpc) is 2.43. The third-order valence-electron chi connectivity index (χ3n) is 3.10. The Morgan fingerprint density at radius 2 is 2.15 bits per heavy atom. The Morgan fingerprint density at radius 1 is 1.45 bits per heavy atom. The fourth-order valence-corrected chi connectivity index (χ4v) is 4.53. The lowest BCUT2D eigenvalue weighted by molar-refractivity contribution is 0.597. The summed E-state index contributed by atoms with van der Waals surface area (Å²) in [5.41, 5.74) is 5.82.